The van der Waals surface area contributed by atoms with Gasteiger partial charge in [-0.15, -0.1) is 0 Å². The van der Waals surface area contributed by atoms with Crippen molar-refractivity contribution in [3.63, 3.8) is 0 Å². The summed E-state index contributed by atoms with van der Waals surface area (Å²) in [6.07, 6.45) is -3.41. The van der Waals surface area contributed by atoms with Crippen molar-refractivity contribution in [3.05, 3.63) is 42.2 Å². The zero-order chi connectivity index (χ0) is 18.9. The largest absolute Gasteiger partial charge is 0.433 e. The first-order chi connectivity index (χ1) is 12.1. The molecular weight excluding hydrogens is 371 g/mol. The van der Waals surface area contributed by atoms with E-state index in [1.807, 2.05) is 4.90 Å². The summed E-state index contributed by atoms with van der Waals surface area (Å²) in [7, 11) is -3.75. The Morgan fingerprint density at radius 2 is 1.54 bits per heavy atom. The number of piperazine rings is 1. The number of sulfonamides is 1. The van der Waals surface area contributed by atoms with Gasteiger partial charge >= 0.3 is 6.18 Å². The van der Waals surface area contributed by atoms with Crippen LogP contribution in [0.4, 0.5) is 24.8 Å². The molecule has 0 unspecified atom stereocenters. The van der Waals surface area contributed by atoms with Gasteiger partial charge in [0.15, 0.2) is 0 Å². The molecule has 1 aromatic carbocycles. The molecule has 0 saturated carbocycles. The SMILES string of the molecule is NS(=O)(=O)c1ccc(N2CCN(c3nccc(C(F)(F)F)n3)CC2)cc1. The molecule has 26 heavy (non-hydrogen) atoms. The third-order valence-electron chi connectivity index (χ3n) is 4.03. The Kier molecular flexibility index (Phi) is 4.76. The quantitative estimate of drug-likeness (QED) is 0.858. The molecule has 3 rings (SSSR count). The zero-order valence-corrected chi connectivity index (χ0v) is 14.3. The Labute approximate surface area is 148 Å². The summed E-state index contributed by atoms with van der Waals surface area (Å²) in [6.45, 7) is 1.96. The summed E-state index contributed by atoms with van der Waals surface area (Å²) < 4.78 is 60.9. The summed E-state index contributed by atoms with van der Waals surface area (Å²) in [5.41, 5.74) is -0.162. The Morgan fingerprint density at radius 1 is 0.962 bits per heavy atom. The van der Waals surface area contributed by atoms with Gasteiger partial charge in [0.05, 0.1) is 4.90 Å². The van der Waals surface area contributed by atoms with Crippen molar-refractivity contribution in [2.45, 2.75) is 11.1 Å². The van der Waals surface area contributed by atoms with Crippen molar-refractivity contribution in [3.8, 4) is 0 Å². The van der Waals surface area contributed by atoms with E-state index in [9.17, 15) is 21.6 Å². The van der Waals surface area contributed by atoms with E-state index in [1.54, 1.807) is 17.0 Å². The molecule has 1 fully saturated rings. The summed E-state index contributed by atoms with van der Waals surface area (Å²) in [4.78, 5) is 11.2. The molecule has 2 aromatic rings. The Morgan fingerprint density at radius 3 is 2.08 bits per heavy atom. The standard InChI is InChI=1S/C15H16F3N5O2S/c16-15(17,18)13-5-6-20-14(21-13)23-9-7-22(8-10-23)11-1-3-12(4-2-11)26(19,24)25/h1-6H,7-10H2,(H2,19,24,25). The van der Waals surface area contributed by atoms with Gasteiger partial charge in [0, 0.05) is 38.1 Å². The van der Waals surface area contributed by atoms with E-state index in [1.165, 1.54) is 12.1 Å². The first-order valence-corrected chi connectivity index (χ1v) is 9.22. The number of hydrogen-bond donors (Lipinski definition) is 1. The molecule has 140 valence electrons. The fourth-order valence-electron chi connectivity index (χ4n) is 2.67. The Hall–Kier alpha value is -2.40. The van der Waals surface area contributed by atoms with Crippen LogP contribution in [0.1, 0.15) is 5.69 Å². The van der Waals surface area contributed by atoms with Crippen LogP contribution in [0, 0.1) is 0 Å². The van der Waals surface area contributed by atoms with E-state index >= 15 is 0 Å². The van der Waals surface area contributed by atoms with Gasteiger partial charge in [-0.1, -0.05) is 0 Å². The lowest BCUT2D eigenvalue weighted by molar-refractivity contribution is -0.141. The molecule has 2 N–H and O–H groups in total. The molecule has 1 aliphatic rings. The van der Waals surface area contributed by atoms with E-state index in [0.717, 1.165) is 18.0 Å². The van der Waals surface area contributed by atoms with Crippen LogP contribution >= 0.6 is 0 Å². The number of hydrogen-bond acceptors (Lipinski definition) is 6. The van der Waals surface area contributed by atoms with Crippen LogP contribution in [0.3, 0.4) is 0 Å². The summed E-state index contributed by atoms with van der Waals surface area (Å²) in [5.74, 6) is 0.0454. The summed E-state index contributed by atoms with van der Waals surface area (Å²) in [5, 5.41) is 5.07. The molecule has 0 atom stereocenters. The van der Waals surface area contributed by atoms with E-state index in [-0.39, 0.29) is 10.8 Å². The van der Waals surface area contributed by atoms with Gasteiger partial charge < -0.3 is 9.80 Å². The second kappa shape index (κ2) is 6.72. The lowest BCUT2D eigenvalue weighted by Gasteiger charge is -2.36. The number of nitrogens with two attached hydrogens (primary N) is 1. The second-order valence-electron chi connectivity index (χ2n) is 5.75. The van der Waals surface area contributed by atoms with Crippen LogP contribution in [0.15, 0.2) is 41.4 Å². The van der Waals surface area contributed by atoms with Gasteiger partial charge in [0.2, 0.25) is 16.0 Å². The van der Waals surface area contributed by atoms with Crippen LogP contribution < -0.4 is 14.9 Å². The van der Waals surface area contributed by atoms with E-state index in [2.05, 4.69) is 9.97 Å². The van der Waals surface area contributed by atoms with Gasteiger partial charge in [-0.05, 0) is 30.3 Å². The smallest absolute Gasteiger partial charge is 0.368 e. The predicted octanol–water partition coefficient (Wildman–Crippen LogP) is 1.47. The van der Waals surface area contributed by atoms with Gasteiger partial charge in [0.1, 0.15) is 5.69 Å². The van der Waals surface area contributed by atoms with E-state index in [0.29, 0.717) is 26.2 Å². The van der Waals surface area contributed by atoms with E-state index in [4.69, 9.17) is 5.14 Å². The fraction of sp³-hybridized carbons (Fsp3) is 0.333. The van der Waals surface area contributed by atoms with Gasteiger partial charge in [-0.25, -0.2) is 23.5 Å². The van der Waals surface area contributed by atoms with Crippen molar-refractivity contribution < 1.29 is 21.6 Å². The molecule has 0 spiro atoms. The minimum atomic E-state index is -4.51. The topological polar surface area (TPSA) is 92.4 Å². The number of benzene rings is 1. The van der Waals surface area contributed by atoms with Crippen molar-refractivity contribution in [2.24, 2.45) is 5.14 Å². The maximum Gasteiger partial charge on any atom is 0.433 e. The van der Waals surface area contributed by atoms with Gasteiger partial charge in [0.25, 0.3) is 0 Å². The maximum absolute atomic E-state index is 12.8. The highest BCUT2D eigenvalue weighted by molar-refractivity contribution is 7.89. The average molecular weight is 387 g/mol. The van der Waals surface area contributed by atoms with Crippen LogP contribution in [-0.4, -0.2) is 44.6 Å². The van der Waals surface area contributed by atoms with Crippen molar-refractivity contribution >= 4 is 21.7 Å². The van der Waals surface area contributed by atoms with Crippen LogP contribution in [-0.2, 0) is 16.2 Å². The third-order valence-corrected chi connectivity index (χ3v) is 4.96. The summed E-state index contributed by atoms with van der Waals surface area (Å²) in [6, 6.07) is 6.99. The molecule has 0 radical (unpaired) electrons. The van der Waals surface area contributed by atoms with Crippen LogP contribution in [0.5, 0.6) is 0 Å². The molecule has 1 saturated heterocycles. The number of rotatable bonds is 3. The number of nitrogens with zero attached hydrogens (tertiary/aromatic N) is 4. The monoisotopic (exact) mass is 387 g/mol. The minimum absolute atomic E-state index is 0.0252. The minimum Gasteiger partial charge on any atom is -0.368 e. The molecule has 1 aromatic heterocycles. The van der Waals surface area contributed by atoms with Gasteiger partial charge in [-0.2, -0.15) is 13.2 Å². The lowest BCUT2D eigenvalue weighted by atomic mass is 10.2. The number of primary sulfonamides is 1. The number of anilines is 2. The summed E-state index contributed by atoms with van der Waals surface area (Å²) >= 11 is 0. The highest BCUT2D eigenvalue weighted by Gasteiger charge is 2.33. The third kappa shape index (κ3) is 4.05. The van der Waals surface area contributed by atoms with Crippen molar-refractivity contribution in [2.75, 3.05) is 36.0 Å². The molecule has 0 bridgehead atoms. The zero-order valence-electron chi connectivity index (χ0n) is 13.5. The van der Waals surface area contributed by atoms with Crippen molar-refractivity contribution in [1.29, 1.82) is 0 Å². The molecule has 2 heterocycles. The molecule has 1 aliphatic heterocycles. The normalized spacial score (nSPS) is 16.0. The molecule has 11 heteroatoms. The first kappa shape index (κ1) is 18.4. The van der Waals surface area contributed by atoms with Crippen LogP contribution in [0.25, 0.3) is 0 Å². The maximum atomic E-state index is 12.8. The second-order valence-corrected chi connectivity index (χ2v) is 7.31. The number of aromatic nitrogens is 2. The fourth-order valence-corrected chi connectivity index (χ4v) is 3.19. The first-order valence-electron chi connectivity index (χ1n) is 7.67. The highest BCUT2D eigenvalue weighted by atomic mass is 32.2. The van der Waals surface area contributed by atoms with Gasteiger partial charge in [-0.3, -0.25) is 0 Å². The molecule has 0 aliphatic carbocycles. The van der Waals surface area contributed by atoms with Crippen LogP contribution in [0.2, 0.25) is 0 Å². The van der Waals surface area contributed by atoms with Crippen molar-refractivity contribution in [1.82, 2.24) is 9.97 Å². The Bertz CT molecular complexity index is 879. The van der Waals surface area contributed by atoms with E-state index < -0.39 is 21.9 Å². The predicted molar refractivity (Wildman–Crippen MR) is 89.3 cm³/mol. The molecule has 0 amide bonds. The molecular formula is C15H16F3N5O2S. The average Bonchev–Trinajstić information content (AvgIpc) is 2.61. The lowest BCUT2D eigenvalue weighted by Crippen LogP contribution is -2.47. The molecule has 7 nitrogen and oxygen atoms in total. The number of alkyl halides is 3. The number of halogens is 3. The highest BCUT2D eigenvalue weighted by Crippen LogP contribution is 2.28. The Balaban J connectivity index is 1.68.